The zero-order chi connectivity index (χ0) is 23.2. The van der Waals surface area contributed by atoms with Crippen LogP contribution in [0.15, 0.2) is 36.0 Å². The van der Waals surface area contributed by atoms with Gasteiger partial charge in [0.25, 0.3) is 0 Å². The van der Waals surface area contributed by atoms with Crippen LogP contribution in [0, 0.1) is 5.92 Å². The molecule has 0 aromatic heterocycles. The Hall–Kier alpha value is -0.940. The Morgan fingerprint density at radius 3 is 2.17 bits per heavy atom. The molecule has 0 aromatic carbocycles. The molecular weight excluding hydrogens is 364 g/mol. The molecule has 4 heteroatoms. The van der Waals surface area contributed by atoms with Crippen molar-refractivity contribution < 1.29 is 20.1 Å². The van der Waals surface area contributed by atoms with Crippen LogP contribution in [-0.4, -0.2) is 47.3 Å². The van der Waals surface area contributed by atoms with Crippen molar-refractivity contribution in [2.24, 2.45) is 5.92 Å². The SMILES string of the molecule is C=C(/C=C(\C=C/C)C1CC(O)CC(CO)O1)CC(CC)CCC.CC.CC.CO. The van der Waals surface area contributed by atoms with Gasteiger partial charge in [-0.05, 0) is 24.8 Å². The quantitative estimate of drug-likeness (QED) is 0.416. The van der Waals surface area contributed by atoms with Crippen LogP contribution in [0.2, 0.25) is 0 Å². The summed E-state index contributed by atoms with van der Waals surface area (Å²) in [6, 6.07) is 0. The van der Waals surface area contributed by atoms with E-state index >= 15 is 0 Å². The standard InChI is InChI=1S/C20H34O3.2C2H6.CH4O/c1-5-8-16(7-3)10-15(4)11-17(9-6-2)20-13-18(22)12-19(14-21)23-20;3*1-2/h6,9,11,16,18-22H,4-5,7-8,10,12-14H2,1-3H3;2*1-2H3;2H,1H3/b9-6-,17-11+;;;. The maximum absolute atomic E-state index is 10.0. The fourth-order valence-electron chi connectivity index (χ4n) is 3.29. The van der Waals surface area contributed by atoms with Crippen LogP contribution >= 0.6 is 0 Å². The largest absolute Gasteiger partial charge is 0.400 e. The predicted octanol–water partition coefficient (Wildman–Crippen LogP) is 5.82. The summed E-state index contributed by atoms with van der Waals surface area (Å²) in [6.45, 7) is 18.6. The molecule has 0 aliphatic carbocycles. The average Bonchev–Trinajstić information content (AvgIpc) is 2.76. The lowest BCUT2D eigenvalue weighted by Crippen LogP contribution is -2.38. The molecule has 1 aliphatic heterocycles. The van der Waals surface area contributed by atoms with E-state index in [4.69, 9.17) is 9.84 Å². The van der Waals surface area contributed by atoms with Gasteiger partial charge in [-0.3, -0.25) is 0 Å². The second-order valence-corrected chi connectivity index (χ2v) is 6.62. The minimum atomic E-state index is -0.420. The van der Waals surface area contributed by atoms with Crippen LogP contribution < -0.4 is 0 Å². The molecule has 4 nitrogen and oxygen atoms in total. The topological polar surface area (TPSA) is 69.9 Å². The Kier molecular flexibility index (Phi) is 26.3. The van der Waals surface area contributed by atoms with Crippen LogP contribution in [0.5, 0.6) is 0 Å². The molecule has 1 heterocycles. The first-order valence-electron chi connectivity index (χ1n) is 11.4. The third-order valence-corrected chi connectivity index (χ3v) is 4.51. The number of hydrogen-bond acceptors (Lipinski definition) is 4. The van der Waals surface area contributed by atoms with Gasteiger partial charge in [-0.25, -0.2) is 0 Å². The van der Waals surface area contributed by atoms with Gasteiger partial charge < -0.3 is 20.1 Å². The van der Waals surface area contributed by atoms with E-state index in [2.05, 4.69) is 26.5 Å². The molecular formula is C25H50O4. The predicted molar refractivity (Wildman–Crippen MR) is 127 cm³/mol. The summed E-state index contributed by atoms with van der Waals surface area (Å²) >= 11 is 0. The number of rotatable bonds is 9. The molecule has 0 radical (unpaired) electrons. The molecule has 0 amide bonds. The summed E-state index contributed by atoms with van der Waals surface area (Å²) in [6.07, 6.45) is 10.9. The van der Waals surface area contributed by atoms with Crippen LogP contribution in [0.4, 0.5) is 0 Å². The fourth-order valence-corrected chi connectivity index (χ4v) is 3.29. The summed E-state index contributed by atoms with van der Waals surface area (Å²) in [4.78, 5) is 0. The van der Waals surface area contributed by atoms with Crippen LogP contribution in [0.3, 0.4) is 0 Å². The van der Waals surface area contributed by atoms with Gasteiger partial charge >= 0.3 is 0 Å². The summed E-state index contributed by atoms with van der Waals surface area (Å²) in [5, 5.41) is 26.4. The number of allylic oxidation sites excluding steroid dienone is 3. The van der Waals surface area contributed by atoms with Crippen LogP contribution in [-0.2, 0) is 4.74 Å². The van der Waals surface area contributed by atoms with Crippen LogP contribution in [0.1, 0.15) is 87.0 Å². The van der Waals surface area contributed by atoms with E-state index < -0.39 is 6.10 Å². The van der Waals surface area contributed by atoms with Gasteiger partial charge in [0.2, 0.25) is 0 Å². The molecule has 0 aromatic rings. The lowest BCUT2D eigenvalue weighted by atomic mass is 9.90. The summed E-state index contributed by atoms with van der Waals surface area (Å²) in [5.41, 5.74) is 2.16. The van der Waals surface area contributed by atoms with Gasteiger partial charge in [0.1, 0.15) is 0 Å². The summed E-state index contributed by atoms with van der Waals surface area (Å²) in [7, 11) is 1.00. The van der Waals surface area contributed by atoms with E-state index in [0.717, 1.165) is 24.7 Å². The van der Waals surface area contributed by atoms with Gasteiger partial charge in [-0.15, -0.1) is 0 Å². The highest BCUT2D eigenvalue weighted by atomic mass is 16.5. The molecule has 3 N–H and O–H groups in total. The summed E-state index contributed by atoms with van der Waals surface area (Å²) in [5.74, 6) is 0.679. The second-order valence-electron chi connectivity index (χ2n) is 6.62. The van der Waals surface area contributed by atoms with Gasteiger partial charge in [0.05, 0.1) is 24.9 Å². The average molecular weight is 415 g/mol. The van der Waals surface area contributed by atoms with Crippen LogP contribution in [0.25, 0.3) is 0 Å². The molecule has 0 bridgehead atoms. The maximum atomic E-state index is 10.0. The first-order chi connectivity index (χ1) is 14.0. The molecule has 4 unspecified atom stereocenters. The molecule has 0 saturated carbocycles. The van der Waals surface area contributed by atoms with E-state index in [-0.39, 0.29) is 18.8 Å². The molecule has 174 valence electrons. The van der Waals surface area contributed by atoms with Gasteiger partial charge in [0.15, 0.2) is 0 Å². The first-order valence-corrected chi connectivity index (χ1v) is 11.4. The molecule has 1 aliphatic rings. The van der Waals surface area contributed by atoms with E-state index in [1.807, 2.05) is 46.8 Å². The third kappa shape index (κ3) is 15.5. The van der Waals surface area contributed by atoms with Crippen molar-refractivity contribution in [1.29, 1.82) is 0 Å². The highest BCUT2D eigenvalue weighted by Crippen LogP contribution is 2.28. The van der Waals surface area contributed by atoms with E-state index in [0.29, 0.717) is 18.8 Å². The normalized spacial score (nSPS) is 22.3. The highest BCUT2D eigenvalue weighted by Gasteiger charge is 2.29. The Morgan fingerprint density at radius 2 is 1.72 bits per heavy atom. The minimum Gasteiger partial charge on any atom is -0.400 e. The zero-order valence-electron chi connectivity index (χ0n) is 20.4. The van der Waals surface area contributed by atoms with Crippen molar-refractivity contribution in [3.05, 3.63) is 36.0 Å². The van der Waals surface area contributed by atoms with E-state index in [1.54, 1.807) is 0 Å². The number of aliphatic hydroxyl groups excluding tert-OH is 3. The van der Waals surface area contributed by atoms with E-state index in [1.165, 1.54) is 19.3 Å². The zero-order valence-corrected chi connectivity index (χ0v) is 20.4. The molecule has 4 atom stereocenters. The highest BCUT2D eigenvalue weighted by molar-refractivity contribution is 5.32. The van der Waals surface area contributed by atoms with Crippen molar-refractivity contribution in [3.8, 4) is 0 Å². The third-order valence-electron chi connectivity index (χ3n) is 4.51. The molecule has 1 rings (SSSR count). The summed E-state index contributed by atoms with van der Waals surface area (Å²) < 4.78 is 5.93. The monoisotopic (exact) mass is 414 g/mol. The lowest BCUT2D eigenvalue weighted by molar-refractivity contribution is -0.0963. The van der Waals surface area contributed by atoms with Crippen molar-refractivity contribution >= 4 is 0 Å². The van der Waals surface area contributed by atoms with Crippen molar-refractivity contribution in [2.45, 2.75) is 105 Å². The van der Waals surface area contributed by atoms with Crippen molar-refractivity contribution in [3.63, 3.8) is 0 Å². The molecule has 0 spiro atoms. The smallest absolute Gasteiger partial charge is 0.0854 e. The van der Waals surface area contributed by atoms with Gasteiger partial charge in [-0.1, -0.05) is 91.2 Å². The maximum Gasteiger partial charge on any atom is 0.0854 e. The molecule has 1 saturated heterocycles. The number of aliphatic hydroxyl groups is 3. The van der Waals surface area contributed by atoms with Crippen molar-refractivity contribution in [1.82, 2.24) is 0 Å². The molecule has 1 fully saturated rings. The number of ether oxygens (including phenoxy) is 1. The van der Waals surface area contributed by atoms with Gasteiger partial charge in [-0.2, -0.15) is 0 Å². The van der Waals surface area contributed by atoms with E-state index in [9.17, 15) is 10.2 Å². The Morgan fingerprint density at radius 1 is 1.14 bits per heavy atom. The Balaban J connectivity index is -0.00000103. The second kappa shape index (κ2) is 23.3. The van der Waals surface area contributed by atoms with Gasteiger partial charge in [0, 0.05) is 20.0 Å². The lowest BCUT2D eigenvalue weighted by Gasteiger charge is -2.33. The Labute approximate surface area is 181 Å². The Bertz CT molecular complexity index is 415. The van der Waals surface area contributed by atoms with Crippen molar-refractivity contribution in [2.75, 3.05) is 13.7 Å². The first kappa shape index (κ1) is 32.7. The molecule has 29 heavy (non-hydrogen) atoms. The fraction of sp³-hybridized carbons (Fsp3) is 0.760. The number of hydrogen-bond donors (Lipinski definition) is 3. The minimum absolute atomic E-state index is 0.0496.